The topological polar surface area (TPSA) is 6.48 Å². The maximum atomic E-state index is 2.54. The van der Waals surface area contributed by atoms with Crippen molar-refractivity contribution in [2.24, 2.45) is 5.92 Å². The van der Waals surface area contributed by atoms with E-state index in [0.717, 1.165) is 12.8 Å². The molecule has 6 aromatic rings. The van der Waals surface area contributed by atoms with E-state index >= 15 is 0 Å². The molecule has 0 aliphatic heterocycles. The van der Waals surface area contributed by atoms with Gasteiger partial charge in [0.25, 0.3) is 0 Å². The molecule has 0 saturated heterocycles. The standard InChI is InChI=1S/C52H48N2/c1-5-51(54(44-22-10-7-11-23-44)46-29-25-38-17-13-15-19-41(38)33-46)42-27-31-48-47-30-26-39(34-49(47)52(3,4)50(48)35-42)36(2)53(43-20-8-6-9-21-43)45-28-24-37-16-12-14-18-40(37)32-45/h6-17,19-36,40,51H,5,18H2,1-4H3. The van der Waals surface area contributed by atoms with E-state index in [0.29, 0.717) is 5.92 Å². The number of allylic oxidation sites excluding steroid dienone is 7. The fraction of sp³-hybridized carbons (Fsp3) is 0.192. The molecule has 0 amide bonds. The summed E-state index contributed by atoms with van der Waals surface area (Å²) < 4.78 is 0. The van der Waals surface area contributed by atoms with E-state index in [1.807, 2.05) is 0 Å². The van der Waals surface area contributed by atoms with Gasteiger partial charge in [0.1, 0.15) is 0 Å². The predicted octanol–water partition coefficient (Wildman–Crippen LogP) is 14.0. The molecule has 2 nitrogen and oxygen atoms in total. The molecule has 6 aromatic carbocycles. The highest BCUT2D eigenvalue weighted by Gasteiger charge is 2.37. The third kappa shape index (κ3) is 5.91. The van der Waals surface area contributed by atoms with Gasteiger partial charge in [-0.1, -0.05) is 154 Å². The van der Waals surface area contributed by atoms with Crippen LogP contribution in [0.2, 0.25) is 0 Å². The van der Waals surface area contributed by atoms with E-state index in [4.69, 9.17) is 0 Å². The summed E-state index contributed by atoms with van der Waals surface area (Å²) in [6.45, 7) is 9.52. The second kappa shape index (κ2) is 13.8. The molecule has 3 aliphatic carbocycles. The Bertz CT molecular complexity index is 2460. The molecule has 54 heavy (non-hydrogen) atoms. The maximum Gasteiger partial charge on any atom is 0.0589 e. The average molecular weight is 701 g/mol. The van der Waals surface area contributed by atoms with Crippen molar-refractivity contribution >= 4 is 27.8 Å². The van der Waals surface area contributed by atoms with Crippen LogP contribution in [0.3, 0.4) is 0 Å². The van der Waals surface area contributed by atoms with Crippen molar-refractivity contribution < 1.29 is 0 Å². The molecule has 0 radical (unpaired) electrons. The number of rotatable bonds is 9. The van der Waals surface area contributed by atoms with Gasteiger partial charge < -0.3 is 9.80 Å². The molecule has 3 unspecified atom stereocenters. The van der Waals surface area contributed by atoms with Crippen LogP contribution in [-0.4, -0.2) is 0 Å². The summed E-state index contributed by atoms with van der Waals surface area (Å²) in [7, 11) is 0. The van der Waals surface area contributed by atoms with Gasteiger partial charge >= 0.3 is 0 Å². The summed E-state index contributed by atoms with van der Waals surface area (Å²) in [6.07, 6.45) is 15.8. The van der Waals surface area contributed by atoms with Crippen LogP contribution in [0.5, 0.6) is 0 Å². The molecule has 0 spiro atoms. The van der Waals surface area contributed by atoms with Crippen LogP contribution in [0.25, 0.3) is 21.9 Å². The van der Waals surface area contributed by atoms with Crippen molar-refractivity contribution in [3.05, 3.63) is 210 Å². The van der Waals surface area contributed by atoms with Gasteiger partial charge in [0.2, 0.25) is 0 Å². The molecular formula is C52H48N2. The van der Waals surface area contributed by atoms with Gasteiger partial charge in [-0.3, -0.25) is 0 Å². The summed E-state index contributed by atoms with van der Waals surface area (Å²) in [5.41, 5.74) is 14.3. The van der Waals surface area contributed by atoms with Crippen LogP contribution in [0.1, 0.15) is 74.9 Å². The smallest absolute Gasteiger partial charge is 0.0589 e. The first kappa shape index (κ1) is 33.9. The zero-order valence-electron chi connectivity index (χ0n) is 31.8. The van der Waals surface area contributed by atoms with E-state index in [-0.39, 0.29) is 17.5 Å². The highest BCUT2D eigenvalue weighted by molar-refractivity contribution is 5.87. The lowest BCUT2D eigenvalue weighted by atomic mass is 9.80. The summed E-state index contributed by atoms with van der Waals surface area (Å²) in [6, 6.07) is 52.2. The highest BCUT2D eigenvalue weighted by atomic mass is 15.2. The second-order valence-electron chi connectivity index (χ2n) is 15.6. The van der Waals surface area contributed by atoms with Crippen molar-refractivity contribution in [3.8, 4) is 11.1 Å². The highest BCUT2D eigenvalue weighted by Crippen LogP contribution is 2.51. The summed E-state index contributed by atoms with van der Waals surface area (Å²) in [5, 5.41) is 2.52. The van der Waals surface area contributed by atoms with Crippen LogP contribution in [0.15, 0.2) is 187 Å². The fourth-order valence-electron chi connectivity index (χ4n) is 9.18. The average Bonchev–Trinajstić information content (AvgIpc) is 3.45. The minimum Gasteiger partial charge on any atom is -0.334 e. The number of anilines is 3. The van der Waals surface area contributed by atoms with Gasteiger partial charge in [-0.15, -0.1) is 0 Å². The van der Waals surface area contributed by atoms with Gasteiger partial charge in [-0.25, -0.2) is 0 Å². The first-order valence-electron chi connectivity index (χ1n) is 19.6. The first-order chi connectivity index (χ1) is 26.4. The number of fused-ring (bicyclic) bond motifs is 5. The van der Waals surface area contributed by atoms with Gasteiger partial charge in [-0.05, 0) is 112 Å². The van der Waals surface area contributed by atoms with Crippen molar-refractivity contribution in [3.63, 3.8) is 0 Å². The quantitative estimate of drug-likeness (QED) is 0.148. The molecule has 0 aromatic heterocycles. The number of para-hydroxylation sites is 2. The lowest BCUT2D eigenvalue weighted by Gasteiger charge is -2.36. The van der Waals surface area contributed by atoms with Gasteiger partial charge in [0, 0.05) is 34.1 Å². The third-order valence-corrected chi connectivity index (χ3v) is 12.1. The minimum absolute atomic E-state index is 0.138. The van der Waals surface area contributed by atoms with E-state index in [1.54, 1.807) is 0 Å². The summed E-state index contributed by atoms with van der Waals surface area (Å²) in [5.74, 6) is 0.419. The molecule has 0 fully saturated rings. The van der Waals surface area contributed by atoms with Crippen LogP contribution in [0.4, 0.5) is 17.1 Å². The Morgan fingerprint density at radius 2 is 1.26 bits per heavy atom. The van der Waals surface area contributed by atoms with Gasteiger partial charge in [-0.2, -0.15) is 0 Å². The van der Waals surface area contributed by atoms with Crippen LogP contribution in [0, 0.1) is 5.92 Å². The largest absolute Gasteiger partial charge is 0.334 e. The first-order valence-corrected chi connectivity index (χ1v) is 19.6. The molecule has 3 atom stereocenters. The maximum absolute atomic E-state index is 2.54. The Balaban J connectivity index is 1.08. The molecule has 9 rings (SSSR count). The molecule has 3 aliphatic rings. The number of hydrogen-bond acceptors (Lipinski definition) is 2. The third-order valence-electron chi connectivity index (χ3n) is 12.1. The normalized spacial score (nSPS) is 17.5. The number of benzene rings is 6. The Hall–Kier alpha value is -5.86. The Labute approximate surface area is 321 Å². The molecule has 0 bridgehead atoms. The van der Waals surface area contributed by atoms with E-state index < -0.39 is 0 Å². The van der Waals surface area contributed by atoms with Crippen LogP contribution >= 0.6 is 0 Å². The molecular weight excluding hydrogens is 653 g/mol. The van der Waals surface area contributed by atoms with Gasteiger partial charge in [0.15, 0.2) is 0 Å². The van der Waals surface area contributed by atoms with E-state index in [1.165, 1.54) is 72.5 Å². The number of hydrogen-bond donors (Lipinski definition) is 0. The van der Waals surface area contributed by atoms with Crippen molar-refractivity contribution in [2.75, 3.05) is 9.80 Å². The molecule has 0 saturated carbocycles. The monoisotopic (exact) mass is 700 g/mol. The molecule has 0 N–H and O–H groups in total. The van der Waals surface area contributed by atoms with Gasteiger partial charge in [0.05, 0.1) is 12.1 Å². The van der Waals surface area contributed by atoms with Crippen molar-refractivity contribution in [1.29, 1.82) is 0 Å². The molecule has 2 heteroatoms. The lowest BCUT2D eigenvalue weighted by molar-refractivity contribution is 0.643. The Morgan fingerprint density at radius 1 is 0.630 bits per heavy atom. The van der Waals surface area contributed by atoms with Crippen molar-refractivity contribution in [1.82, 2.24) is 0 Å². The SMILES string of the molecule is CCC(c1ccc2c(c1)C(C)(C)c1cc(C(C)N(C3=CC4CC=CC=C4C=C3)c3ccccc3)ccc1-2)N(c1ccccc1)c1ccc2ccccc2c1. The van der Waals surface area contributed by atoms with Crippen LogP contribution < -0.4 is 9.80 Å². The minimum atomic E-state index is -0.148. The summed E-state index contributed by atoms with van der Waals surface area (Å²) in [4.78, 5) is 5.06. The zero-order chi connectivity index (χ0) is 36.8. The van der Waals surface area contributed by atoms with E-state index in [9.17, 15) is 0 Å². The molecule has 266 valence electrons. The number of nitrogens with zero attached hydrogens (tertiary/aromatic N) is 2. The predicted molar refractivity (Wildman–Crippen MR) is 229 cm³/mol. The van der Waals surface area contributed by atoms with Crippen molar-refractivity contribution in [2.45, 2.75) is 58.0 Å². The molecule has 0 heterocycles. The second-order valence-corrected chi connectivity index (χ2v) is 15.6. The van der Waals surface area contributed by atoms with E-state index in [2.05, 4.69) is 213 Å². The zero-order valence-corrected chi connectivity index (χ0v) is 31.8. The Morgan fingerprint density at radius 3 is 1.96 bits per heavy atom. The Kier molecular flexibility index (Phi) is 8.70. The van der Waals surface area contributed by atoms with Crippen LogP contribution in [-0.2, 0) is 5.41 Å². The summed E-state index contributed by atoms with van der Waals surface area (Å²) >= 11 is 0. The fourth-order valence-corrected chi connectivity index (χ4v) is 9.18. The lowest BCUT2D eigenvalue weighted by Crippen LogP contribution is -2.27.